The van der Waals surface area contributed by atoms with E-state index >= 15 is 0 Å². The van der Waals surface area contributed by atoms with Crippen molar-refractivity contribution in [3.8, 4) is 0 Å². The highest BCUT2D eigenvalue weighted by Crippen LogP contribution is 2.43. The lowest BCUT2D eigenvalue weighted by Crippen LogP contribution is -2.43. The van der Waals surface area contributed by atoms with Gasteiger partial charge in [-0.25, -0.2) is 0 Å². The van der Waals surface area contributed by atoms with Gasteiger partial charge in [-0.1, -0.05) is 57.5 Å². The lowest BCUT2D eigenvalue weighted by molar-refractivity contribution is -0.159. The summed E-state index contributed by atoms with van der Waals surface area (Å²) in [6.07, 6.45) is 4.49. The van der Waals surface area contributed by atoms with Crippen molar-refractivity contribution < 1.29 is 19.1 Å². The molecule has 27 heavy (non-hydrogen) atoms. The fraction of sp³-hybridized carbons (Fsp3) is 0.652. The maximum atomic E-state index is 12.6. The Morgan fingerprint density at radius 3 is 2.63 bits per heavy atom. The van der Waals surface area contributed by atoms with Crippen LogP contribution in [0.15, 0.2) is 30.3 Å². The topological polar surface area (TPSA) is 52.6 Å². The monoisotopic (exact) mass is 372 g/mol. The SMILES string of the molecule is C[C@@H]1CC[C@@H](C(C)(C)c2ccccc2)[C@H](OC(=O)C[C@H]2CCOC(=O)C2)C1. The Balaban J connectivity index is 1.68. The number of esters is 2. The smallest absolute Gasteiger partial charge is 0.306 e. The van der Waals surface area contributed by atoms with Crippen LogP contribution in [0.2, 0.25) is 0 Å². The third-order valence-corrected chi connectivity index (χ3v) is 6.48. The molecular weight excluding hydrogens is 340 g/mol. The van der Waals surface area contributed by atoms with Crippen molar-refractivity contribution in [3.05, 3.63) is 35.9 Å². The molecule has 1 heterocycles. The molecule has 0 radical (unpaired) electrons. The standard InChI is InChI=1S/C23H32O4/c1-16-9-10-19(23(2,3)18-7-5-4-6-8-18)20(13-16)27-22(25)15-17-11-12-26-21(24)14-17/h4-8,16-17,19-20H,9-15H2,1-3H3/t16-,17+,19-,20-/m1/s1. The van der Waals surface area contributed by atoms with E-state index in [1.165, 1.54) is 12.0 Å². The molecule has 0 spiro atoms. The summed E-state index contributed by atoms with van der Waals surface area (Å²) in [5.41, 5.74) is 1.24. The zero-order chi connectivity index (χ0) is 19.4. The maximum absolute atomic E-state index is 12.6. The van der Waals surface area contributed by atoms with Crippen LogP contribution in [0.4, 0.5) is 0 Å². The van der Waals surface area contributed by atoms with Crippen molar-refractivity contribution in [1.82, 2.24) is 0 Å². The first kappa shape index (κ1) is 19.9. The summed E-state index contributed by atoms with van der Waals surface area (Å²) in [6.45, 7) is 7.19. The Kier molecular flexibility index (Phi) is 6.23. The summed E-state index contributed by atoms with van der Waals surface area (Å²) in [5, 5.41) is 0. The number of cyclic esters (lactones) is 1. The predicted molar refractivity (Wildman–Crippen MR) is 104 cm³/mol. The van der Waals surface area contributed by atoms with E-state index in [1.54, 1.807) is 0 Å². The van der Waals surface area contributed by atoms with Gasteiger partial charge in [0.05, 0.1) is 6.61 Å². The molecule has 1 aromatic carbocycles. The van der Waals surface area contributed by atoms with Crippen LogP contribution >= 0.6 is 0 Å². The molecule has 4 heteroatoms. The number of carbonyl (C=O) groups is 2. The Morgan fingerprint density at radius 2 is 1.93 bits per heavy atom. The van der Waals surface area contributed by atoms with E-state index in [9.17, 15) is 9.59 Å². The number of rotatable bonds is 5. The Hall–Kier alpha value is -1.84. The Labute approximate surface area is 162 Å². The van der Waals surface area contributed by atoms with Crippen molar-refractivity contribution in [1.29, 1.82) is 0 Å². The van der Waals surface area contributed by atoms with Gasteiger partial charge in [0.1, 0.15) is 6.10 Å². The number of hydrogen-bond acceptors (Lipinski definition) is 4. The van der Waals surface area contributed by atoms with Gasteiger partial charge in [0.25, 0.3) is 0 Å². The van der Waals surface area contributed by atoms with Crippen LogP contribution in [0.5, 0.6) is 0 Å². The number of ether oxygens (including phenoxy) is 2. The van der Waals surface area contributed by atoms with Crippen LogP contribution in [0.25, 0.3) is 0 Å². The molecule has 4 nitrogen and oxygen atoms in total. The highest BCUT2D eigenvalue weighted by atomic mass is 16.5. The lowest BCUT2D eigenvalue weighted by Gasteiger charge is -2.44. The second kappa shape index (κ2) is 8.45. The fourth-order valence-electron chi connectivity index (χ4n) is 4.73. The van der Waals surface area contributed by atoms with Crippen molar-refractivity contribution in [2.75, 3.05) is 6.61 Å². The molecule has 2 fully saturated rings. The van der Waals surface area contributed by atoms with Crippen molar-refractivity contribution in [2.45, 2.75) is 70.8 Å². The van der Waals surface area contributed by atoms with E-state index in [4.69, 9.17) is 9.47 Å². The van der Waals surface area contributed by atoms with Crippen LogP contribution in [0.3, 0.4) is 0 Å². The minimum absolute atomic E-state index is 0.0546. The largest absolute Gasteiger partial charge is 0.466 e. The Bertz CT molecular complexity index is 652. The molecule has 2 aliphatic rings. The van der Waals surface area contributed by atoms with E-state index in [2.05, 4.69) is 45.0 Å². The fourth-order valence-corrected chi connectivity index (χ4v) is 4.73. The van der Waals surface area contributed by atoms with E-state index in [0.29, 0.717) is 31.3 Å². The van der Waals surface area contributed by atoms with E-state index in [1.807, 2.05) is 6.07 Å². The molecule has 0 unspecified atom stereocenters. The first-order chi connectivity index (χ1) is 12.9. The van der Waals surface area contributed by atoms with Gasteiger partial charge in [-0.15, -0.1) is 0 Å². The molecular formula is C23H32O4. The minimum Gasteiger partial charge on any atom is -0.466 e. The maximum Gasteiger partial charge on any atom is 0.306 e. The van der Waals surface area contributed by atoms with Gasteiger partial charge < -0.3 is 9.47 Å². The van der Waals surface area contributed by atoms with Gasteiger partial charge in [0.15, 0.2) is 0 Å². The van der Waals surface area contributed by atoms with Crippen molar-refractivity contribution in [3.63, 3.8) is 0 Å². The average Bonchev–Trinajstić information content (AvgIpc) is 2.62. The van der Waals surface area contributed by atoms with Crippen molar-refractivity contribution >= 4 is 11.9 Å². The van der Waals surface area contributed by atoms with Crippen LogP contribution in [-0.4, -0.2) is 24.6 Å². The minimum atomic E-state index is -0.201. The zero-order valence-electron chi connectivity index (χ0n) is 16.8. The molecule has 4 atom stereocenters. The second-order valence-corrected chi connectivity index (χ2v) is 8.92. The van der Waals surface area contributed by atoms with E-state index < -0.39 is 0 Å². The van der Waals surface area contributed by atoms with Crippen LogP contribution in [0.1, 0.15) is 64.9 Å². The number of benzene rings is 1. The van der Waals surface area contributed by atoms with Crippen LogP contribution < -0.4 is 0 Å². The van der Waals surface area contributed by atoms with Gasteiger partial charge in [0, 0.05) is 18.8 Å². The quantitative estimate of drug-likeness (QED) is 0.706. The molecule has 148 valence electrons. The summed E-state index contributed by atoms with van der Waals surface area (Å²) in [6, 6.07) is 10.5. The first-order valence-corrected chi connectivity index (χ1v) is 10.3. The summed E-state index contributed by atoms with van der Waals surface area (Å²) in [4.78, 5) is 24.1. The molecule has 1 saturated carbocycles. The molecule has 1 aromatic rings. The van der Waals surface area contributed by atoms with Crippen molar-refractivity contribution in [2.24, 2.45) is 17.8 Å². The summed E-state index contributed by atoms with van der Waals surface area (Å²) >= 11 is 0. The molecule has 1 saturated heterocycles. The summed E-state index contributed by atoms with van der Waals surface area (Å²) < 4.78 is 11.0. The molecule has 0 bridgehead atoms. The number of hydrogen-bond donors (Lipinski definition) is 0. The molecule has 3 rings (SSSR count). The van der Waals surface area contributed by atoms with E-state index in [-0.39, 0.29) is 29.4 Å². The molecule has 1 aliphatic heterocycles. The normalized spacial score (nSPS) is 29.1. The highest BCUT2D eigenvalue weighted by molar-refractivity contribution is 5.74. The lowest BCUT2D eigenvalue weighted by atomic mass is 9.64. The summed E-state index contributed by atoms with van der Waals surface area (Å²) in [7, 11) is 0. The van der Waals surface area contributed by atoms with Gasteiger partial charge in [-0.3, -0.25) is 9.59 Å². The predicted octanol–water partition coefficient (Wildman–Crippen LogP) is 4.66. The summed E-state index contributed by atoms with van der Waals surface area (Å²) in [5.74, 6) is 0.558. The molecule has 0 amide bonds. The number of carbonyl (C=O) groups excluding carboxylic acids is 2. The second-order valence-electron chi connectivity index (χ2n) is 8.92. The van der Waals surface area contributed by atoms with Gasteiger partial charge in [0.2, 0.25) is 0 Å². The highest BCUT2D eigenvalue weighted by Gasteiger charge is 2.42. The Morgan fingerprint density at radius 1 is 1.19 bits per heavy atom. The van der Waals surface area contributed by atoms with E-state index in [0.717, 1.165) is 19.3 Å². The third kappa shape index (κ3) is 4.91. The molecule has 1 aliphatic carbocycles. The van der Waals surface area contributed by atoms with Gasteiger partial charge in [-0.2, -0.15) is 0 Å². The van der Waals surface area contributed by atoms with Gasteiger partial charge in [-0.05, 0) is 42.1 Å². The first-order valence-electron chi connectivity index (χ1n) is 10.3. The van der Waals surface area contributed by atoms with Gasteiger partial charge >= 0.3 is 11.9 Å². The zero-order valence-corrected chi connectivity index (χ0v) is 16.8. The van der Waals surface area contributed by atoms with Crippen LogP contribution in [-0.2, 0) is 24.5 Å². The van der Waals surface area contributed by atoms with Crippen LogP contribution in [0, 0.1) is 17.8 Å². The molecule has 0 aromatic heterocycles. The molecule has 0 N–H and O–H groups in total. The average molecular weight is 373 g/mol. The third-order valence-electron chi connectivity index (χ3n) is 6.48.